The van der Waals surface area contributed by atoms with E-state index in [-0.39, 0.29) is 24.3 Å². The van der Waals surface area contributed by atoms with E-state index in [0.29, 0.717) is 42.7 Å². The van der Waals surface area contributed by atoms with Crippen molar-refractivity contribution in [1.82, 2.24) is 15.6 Å². The van der Waals surface area contributed by atoms with Crippen LogP contribution in [-0.2, 0) is 17.6 Å². The molecule has 1 spiro atoms. The highest BCUT2D eigenvalue weighted by Crippen LogP contribution is 2.48. The van der Waals surface area contributed by atoms with Crippen molar-refractivity contribution in [2.24, 2.45) is 5.92 Å². The summed E-state index contributed by atoms with van der Waals surface area (Å²) in [4.78, 5) is 17.0. The minimum absolute atomic E-state index is 0.0337. The molecular weight excluding hydrogens is 470 g/mol. The second-order valence-corrected chi connectivity index (χ2v) is 11.1. The molecule has 1 saturated carbocycles. The van der Waals surface area contributed by atoms with Crippen molar-refractivity contribution in [3.8, 4) is 17.4 Å². The Morgan fingerprint density at radius 2 is 1.97 bits per heavy atom. The Labute approximate surface area is 219 Å². The summed E-state index contributed by atoms with van der Waals surface area (Å²) in [5.74, 6) is 2.57. The molecule has 8 heteroatoms. The van der Waals surface area contributed by atoms with Gasteiger partial charge in [0.1, 0.15) is 5.60 Å². The van der Waals surface area contributed by atoms with Gasteiger partial charge in [-0.15, -0.1) is 0 Å². The molecular formula is C29H39N3O5. The molecule has 3 aliphatic rings. The average Bonchev–Trinajstić information content (AvgIpc) is 3.33. The predicted octanol–water partition coefficient (Wildman–Crippen LogP) is 3.84. The van der Waals surface area contributed by atoms with Crippen LogP contribution < -0.4 is 24.8 Å². The molecule has 2 aromatic rings. The molecule has 37 heavy (non-hydrogen) atoms. The molecule has 1 amide bonds. The van der Waals surface area contributed by atoms with E-state index in [9.17, 15) is 9.90 Å². The zero-order valence-corrected chi connectivity index (χ0v) is 22.1. The molecule has 0 saturated heterocycles. The number of aromatic nitrogens is 1. The number of aliphatic hydroxyl groups is 1. The van der Waals surface area contributed by atoms with Gasteiger partial charge in [0.15, 0.2) is 11.5 Å². The highest BCUT2D eigenvalue weighted by molar-refractivity contribution is 5.76. The Morgan fingerprint density at radius 3 is 2.70 bits per heavy atom. The highest BCUT2D eigenvalue weighted by Gasteiger charge is 2.46. The SMILES string of the molecule is CCC(=O)N[C@@H](Cc1ccc2c(c1)OCO2)[C@@H](O)CN[C@H]1CC2(CCC2)Oc2ncc(CC(C)C)cc21. The molecule has 1 aromatic carbocycles. The van der Waals surface area contributed by atoms with Crippen molar-refractivity contribution in [3.63, 3.8) is 0 Å². The van der Waals surface area contributed by atoms with Crippen LogP contribution in [0.3, 0.4) is 0 Å². The van der Waals surface area contributed by atoms with Gasteiger partial charge in [0, 0.05) is 37.2 Å². The normalized spacial score (nSPS) is 20.6. The van der Waals surface area contributed by atoms with Crippen molar-refractivity contribution in [2.75, 3.05) is 13.3 Å². The van der Waals surface area contributed by atoms with Crippen molar-refractivity contribution >= 4 is 5.91 Å². The summed E-state index contributed by atoms with van der Waals surface area (Å²) in [7, 11) is 0. The van der Waals surface area contributed by atoms with E-state index in [1.807, 2.05) is 31.3 Å². The third-order valence-corrected chi connectivity index (χ3v) is 7.71. The Kier molecular flexibility index (Phi) is 7.58. The molecule has 8 nitrogen and oxygen atoms in total. The molecule has 1 aromatic heterocycles. The van der Waals surface area contributed by atoms with Crippen molar-refractivity contribution in [3.05, 3.63) is 47.2 Å². The number of carbonyl (C=O) groups is 1. The van der Waals surface area contributed by atoms with E-state index in [1.165, 1.54) is 5.56 Å². The number of fused-ring (bicyclic) bond motifs is 2. The summed E-state index contributed by atoms with van der Waals surface area (Å²) in [5, 5.41) is 17.9. The molecule has 1 fully saturated rings. The van der Waals surface area contributed by atoms with Crippen LogP contribution in [0.25, 0.3) is 0 Å². The van der Waals surface area contributed by atoms with Gasteiger partial charge in [0.05, 0.1) is 12.1 Å². The van der Waals surface area contributed by atoms with Crippen LogP contribution >= 0.6 is 0 Å². The molecule has 5 rings (SSSR count). The maximum absolute atomic E-state index is 12.3. The molecule has 0 unspecified atom stereocenters. The van der Waals surface area contributed by atoms with Gasteiger partial charge in [-0.05, 0) is 67.3 Å². The van der Waals surface area contributed by atoms with Crippen molar-refractivity contribution < 1.29 is 24.1 Å². The molecule has 0 radical (unpaired) electrons. The number of rotatable bonds is 10. The first-order valence-corrected chi connectivity index (χ1v) is 13.6. The van der Waals surface area contributed by atoms with Crippen molar-refractivity contribution in [1.29, 1.82) is 0 Å². The summed E-state index contributed by atoms with van der Waals surface area (Å²) in [6.45, 7) is 6.78. The molecule has 2 aliphatic heterocycles. The predicted molar refractivity (Wildman–Crippen MR) is 140 cm³/mol. The maximum Gasteiger partial charge on any atom is 0.231 e. The first kappa shape index (κ1) is 25.8. The lowest BCUT2D eigenvalue weighted by Crippen LogP contribution is -2.52. The Morgan fingerprint density at radius 1 is 1.16 bits per heavy atom. The Hall–Kier alpha value is -2.84. The first-order valence-electron chi connectivity index (χ1n) is 13.6. The fourth-order valence-electron chi connectivity index (χ4n) is 5.54. The summed E-state index contributed by atoms with van der Waals surface area (Å²) < 4.78 is 17.3. The second kappa shape index (κ2) is 10.9. The average molecular weight is 510 g/mol. The fourth-order valence-corrected chi connectivity index (χ4v) is 5.54. The monoisotopic (exact) mass is 509 g/mol. The lowest BCUT2D eigenvalue weighted by Gasteiger charge is -2.47. The maximum atomic E-state index is 12.3. The quantitative estimate of drug-likeness (QED) is 0.447. The lowest BCUT2D eigenvalue weighted by molar-refractivity contribution is -0.122. The van der Waals surface area contributed by atoms with E-state index < -0.39 is 12.1 Å². The third-order valence-electron chi connectivity index (χ3n) is 7.71. The van der Waals surface area contributed by atoms with Crippen LogP contribution in [0.1, 0.15) is 75.6 Å². The Balaban J connectivity index is 1.31. The van der Waals surface area contributed by atoms with Crippen LogP contribution in [0.2, 0.25) is 0 Å². The smallest absolute Gasteiger partial charge is 0.231 e. The van der Waals surface area contributed by atoms with Gasteiger partial charge < -0.3 is 30.0 Å². The van der Waals surface area contributed by atoms with Crippen LogP contribution in [0.5, 0.6) is 17.4 Å². The van der Waals surface area contributed by atoms with E-state index in [2.05, 4.69) is 30.5 Å². The van der Waals surface area contributed by atoms with Gasteiger partial charge in [-0.3, -0.25) is 4.79 Å². The number of nitrogens with zero attached hydrogens (tertiary/aromatic N) is 1. The van der Waals surface area contributed by atoms with Gasteiger partial charge >= 0.3 is 0 Å². The van der Waals surface area contributed by atoms with Crippen LogP contribution in [-0.4, -0.2) is 47.1 Å². The second-order valence-electron chi connectivity index (χ2n) is 11.1. The number of aliphatic hydroxyl groups excluding tert-OH is 1. The lowest BCUT2D eigenvalue weighted by atomic mass is 9.73. The fraction of sp³-hybridized carbons (Fsp3) is 0.586. The number of ether oxygens (including phenoxy) is 3. The Bertz CT molecular complexity index is 1120. The number of hydrogen-bond donors (Lipinski definition) is 3. The zero-order chi connectivity index (χ0) is 26.0. The minimum Gasteiger partial charge on any atom is -0.471 e. The standard InChI is InChI=1S/C29H39N3O5/c1-4-27(34)32-22(12-19-6-7-25-26(13-19)36-17-35-25)24(33)16-30-23-14-29(8-5-9-29)37-28-21(23)11-20(15-31-28)10-18(2)3/h6-7,11,13,15,18,22-24,30,33H,4-5,8-10,12,14,16-17H2,1-3H3,(H,32,34)/t22-,23-,24-/m0/s1. The zero-order valence-electron chi connectivity index (χ0n) is 22.1. The molecule has 3 atom stereocenters. The van der Waals surface area contributed by atoms with Gasteiger partial charge in [-0.1, -0.05) is 26.8 Å². The van der Waals surface area contributed by atoms with E-state index in [4.69, 9.17) is 19.2 Å². The van der Waals surface area contributed by atoms with E-state index in [0.717, 1.165) is 43.2 Å². The molecule has 0 bridgehead atoms. The van der Waals surface area contributed by atoms with Gasteiger partial charge in [-0.2, -0.15) is 0 Å². The summed E-state index contributed by atoms with van der Waals surface area (Å²) in [6, 6.07) is 7.55. The molecule has 200 valence electrons. The summed E-state index contributed by atoms with van der Waals surface area (Å²) in [6.07, 6.45) is 7.04. The van der Waals surface area contributed by atoms with E-state index >= 15 is 0 Å². The minimum atomic E-state index is -0.781. The van der Waals surface area contributed by atoms with Gasteiger partial charge in [-0.25, -0.2) is 4.98 Å². The number of hydrogen-bond acceptors (Lipinski definition) is 7. The van der Waals surface area contributed by atoms with Crippen molar-refractivity contribution in [2.45, 2.75) is 89.5 Å². The number of nitrogens with one attached hydrogen (secondary N) is 2. The number of carbonyl (C=O) groups excluding carboxylic acids is 1. The van der Waals surface area contributed by atoms with Crippen LogP contribution in [0.15, 0.2) is 30.5 Å². The first-order chi connectivity index (χ1) is 17.8. The van der Waals surface area contributed by atoms with Crippen LogP contribution in [0.4, 0.5) is 0 Å². The highest BCUT2D eigenvalue weighted by atomic mass is 16.7. The van der Waals surface area contributed by atoms with Gasteiger partial charge in [0.2, 0.25) is 18.6 Å². The summed E-state index contributed by atoms with van der Waals surface area (Å²) in [5.41, 5.74) is 3.07. The summed E-state index contributed by atoms with van der Waals surface area (Å²) >= 11 is 0. The van der Waals surface area contributed by atoms with E-state index in [1.54, 1.807) is 0 Å². The topological polar surface area (TPSA) is 102 Å². The number of pyridine rings is 1. The largest absolute Gasteiger partial charge is 0.471 e. The molecule has 3 N–H and O–H groups in total. The van der Waals surface area contributed by atoms with Crippen LogP contribution in [0, 0.1) is 5.92 Å². The number of amides is 1. The third kappa shape index (κ3) is 5.85. The molecule has 3 heterocycles. The number of benzene rings is 1. The van der Waals surface area contributed by atoms with Gasteiger partial charge in [0.25, 0.3) is 0 Å². The molecule has 1 aliphatic carbocycles.